The highest BCUT2D eigenvalue weighted by Gasteiger charge is 2.42. The lowest BCUT2D eigenvalue weighted by molar-refractivity contribution is -0.138. The molecule has 0 unspecified atom stereocenters. The number of ether oxygens (including phenoxy) is 1. The van der Waals surface area contributed by atoms with Crippen LogP contribution in [0.3, 0.4) is 0 Å². The summed E-state index contributed by atoms with van der Waals surface area (Å²) in [4.78, 5) is 29.7. The molecule has 2 aliphatic heterocycles. The molecule has 1 atom stereocenters. The number of hydrogen-bond acceptors (Lipinski definition) is 6. The fourth-order valence-electron chi connectivity index (χ4n) is 4.36. The molecule has 2 aromatic rings. The van der Waals surface area contributed by atoms with Crippen molar-refractivity contribution >= 4 is 11.7 Å². The van der Waals surface area contributed by atoms with E-state index in [9.17, 15) is 4.79 Å². The predicted octanol–water partition coefficient (Wildman–Crippen LogP) is 2.29. The second-order valence-electron chi connectivity index (χ2n) is 7.52. The van der Waals surface area contributed by atoms with Gasteiger partial charge in [-0.05, 0) is 37.0 Å². The van der Waals surface area contributed by atoms with Gasteiger partial charge in [-0.2, -0.15) is 0 Å². The van der Waals surface area contributed by atoms with E-state index in [4.69, 9.17) is 4.74 Å². The first-order valence-electron chi connectivity index (χ1n) is 9.46. The molecule has 2 fully saturated rings. The van der Waals surface area contributed by atoms with Gasteiger partial charge in [0.2, 0.25) is 5.91 Å². The van der Waals surface area contributed by atoms with Gasteiger partial charge in [0, 0.05) is 62.8 Å². The van der Waals surface area contributed by atoms with E-state index >= 15 is 0 Å². The van der Waals surface area contributed by atoms with E-state index in [2.05, 4.69) is 19.9 Å². The van der Waals surface area contributed by atoms with Crippen LogP contribution >= 0.6 is 0 Å². The van der Waals surface area contributed by atoms with Crippen LogP contribution in [0.4, 0.5) is 5.82 Å². The summed E-state index contributed by atoms with van der Waals surface area (Å²) >= 11 is 0. The summed E-state index contributed by atoms with van der Waals surface area (Å²) in [5.74, 6) is 1.61. The average Bonchev–Trinajstić information content (AvgIpc) is 2.72. The van der Waals surface area contributed by atoms with Crippen LogP contribution in [0.15, 0.2) is 36.9 Å². The minimum atomic E-state index is 0.0989. The van der Waals surface area contributed by atoms with Crippen molar-refractivity contribution in [3.8, 4) is 5.88 Å². The van der Waals surface area contributed by atoms with E-state index in [1.165, 1.54) is 0 Å². The third-order valence-electron chi connectivity index (χ3n) is 5.67. The van der Waals surface area contributed by atoms with Gasteiger partial charge in [-0.15, -0.1) is 0 Å². The molecule has 2 aliphatic rings. The number of carbonyl (C=O) groups excluding carboxylic acids is 1. The Bertz CT molecular complexity index is 800. The van der Waals surface area contributed by atoms with Crippen molar-refractivity contribution in [1.29, 1.82) is 0 Å². The summed E-state index contributed by atoms with van der Waals surface area (Å²) in [5, 5.41) is 0. The molecule has 0 saturated carbocycles. The van der Waals surface area contributed by atoms with Crippen molar-refractivity contribution in [2.75, 3.05) is 31.6 Å². The second-order valence-corrected chi connectivity index (χ2v) is 7.52. The Labute approximate surface area is 159 Å². The Morgan fingerprint density at radius 2 is 1.93 bits per heavy atom. The fourth-order valence-corrected chi connectivity index (χ4v) is 4.36. The minimum absolute atomic E-state index is 0.0989. The predicted molar refractivity (Wildman–Crippen MR) is 101 cm³/mol. The van der Waals surface area contributed by atoms with Crippen molar-refractivity contribution in [2.45, 2.75) is 32.2 Å². The highest BCUT2D eigenvalue weighted by atomic mass is 16.5. The van der Waals surface area contributed by atoms with Gasteiger partial charge in [0.1, 0.15) is 0 Å². The van der Waals surface area contributed by atoms with Gasteiger partial charge in [0.15, 0.2) is 5.82 Å². The molecule has 4 heterocycles. The van der Waals surface area contributed by atoms with Crippen molar-refractivity contribution < 1.29 is 9.53 Å². The number of amides is 1. The topological polar surface area (TPSA) is 71.5 Å². The van der Waals surface area contributed by atoms with E-state index < -0.39 is 0 Å². The number of anilines is 1. The fraction of sp³-hybridized carbons (Fsp3) is 0.500. The first-order valence-corrected chi connectivity index (χ1v) is 9.46. The number of methoxy groups -OCH3 is 1. The van der Waals surface area contributed by atoms with Gasteiger partial charge in [0.25, 0.3) is 5.88 Å². The zero-order valence-corrected chi connectivity index (χ0v) is 15.7. The van der Waals surface area contributed by atoms with E-state index in [-0.39, 0.29) is 11.3 Å². The minimum Gasteiger partial charge on any atom is -0.478 e. The molecule has 27 heavy (non-hydrogen) atoms. The van der Waals surface area contributed by atoms with Crippen LogP contribution < -0.4 is 9.64 Å². The van der Waals surface area contributed by atoms with Gasteiger partial charge < -0.3 is 14.5 Å². The number of aromatic nitrogens is 3. The molecule has 1 spiro atoms. The molecular formula is C20H25N5O2. The second kappa shape index (κ2) is 7.50. The normalized spacial score (nSPS) is 22.9. The molecule has 7 nitrogen and oxygen atoms in total. The zero-order chi connectivity index (χ0) is 18.7. The van der Waals surface area contributed by atoms with Gasteiger partial charge in [-0.25, -0.2) is 9.97 Å². The lowest BCUT2D eigenvalue weighted by Crippen LogP contribution is -2.54. The number of likely N-dealkylation sites (tertiary alicyclic amines) is 1. The van der Waals surface area contributed by atoms with Crippen LogP contribution in [-0.4, -0.2) is 52.5 Å². The van der Waals surface area contributed by atoms with Crippen molar-refractivity contribution in [3.05, 3.63) is 42.5 Å². The summed E-state index contributed by atoms with van der Waals surface area (Å²) in [6, 6.07) is 3.96. The van der Waals surface area contributed by atoms with Gasteiger partial charge >= 0.3 is 0 Å². The van der Waals surface area contributed by atoms with Crippen LogP contribution in [0, 0.1) is 5.41 Å². The molecule has 2 aromatic heterocycles. The van der Waals surface area contributed by atoms with Crippen molar-refractivity contribution in [1.82, 2.24) is 19.9 Å². The lowest BCUT2D eigenvalue weighted by Gasteiger charge is -2.48. The summed E-state index contributed by atoms with van der Waals surface area (Å²) in [7, 11) is 1.63. The molecule has 4 rings (SSSR count). The summed E-state index contributed by atoms with van der Waals surface area (Å²) < 4.78 is 5.41. The number of carbonyl (C=O) groups is 1. The Hall–Kier alpha value is -2.70. The van der Waals surface area contributed by atoms with Crippen molar-refractivity contribution in [2.24, 2.45) is 5.41 Å². The van der Waals surface area contributed by atoms with Crippen LogP contribution in [-0.2, 0) is 11.3 Å². The maximum atomic E-state index is 12.5. The highest BCUT2D eigenvalue weighted by Crippen LogP contribution is 2.41. The molecular weight excluding hydrogens is 342 g/mol. The Balaban J connectivity index is 1.52. The third-order valence-corrected chi connectivity index (χ3v) is 5.67. The molecule has 0 aromatic carbocycles. The number of rotatable bonds is 4. The van der Waals surface area contributed by atoms with E-state index in [1.54, 1.807) is 31.9 Å². The van der Waals surface area contributed by atoms with E-state index in [0.29, 0.717) is 18.8 Å². The monoisotopic (exact) mass is 367 g/mol. The smallest absolute Gasteiger partial charge is 0.257 e. The zero-order valence-electron chi connectivity index (χ0n) is 15.7. The largest absolute Gasteiger partial charge is 0.478 e. The number of nitrogens with zero attached hydrogens (tertiary/aromatic N) is 5. The molecule has 0 N–H and O–H groups in total. The molecule has 7 heteroatoms. The van der Waals surface area contributed by atoms with E-state index in [0.717, 1.165) is 50.3 Å². The molecule has 0 aliphatic carbocycles. The van der Waals surface area contributed by atoms with Crippen LogP contribution in [0.1, 0.15) is 31.2 Å². The number of pyridine rings is 1. The first kappa shape index (κ1) is 17.7. The highest BCUT2D eigenvalue weighted by molar-refractivity contribution is 5.77. The van der Waals surface area contributed by atoms with Gasteiger partial charge in [0.05, 0.1) is 7.11 Å². The Kier molecular flexibility index (Phi) is 4.92. The maximum absolute atomic E-state index is 12.5. The SMILES string of the molecule is COc1nccnc1N1CCC[C@]2(CCC(=O)N(Cc3ccncc3)C2)C1. The molecule has 0 bridgehead atoms. The molecule has 0 radical (unpaired) electrons. The number of hydrogen-bond donors (Lipinski definition) is 0. The molecule has 2 saturated heterocycles. The maximum Gasteiger partial charge on any atom is 0.257 e. The first-order chi connectivity index (χ1) is 13.2. The standard InChI is InChI=1S/C20H25N5O2/c1-27-19-18(22-10-11-23-19)24-12-2-6-20(14-24)7-3-17(26)25(15-20)13-16-4-8-21-9-5-16/h4-5,8-11H,2-3,6-7,12-15H2,1H3/t20-/m0/s1. The van der Waals surface area contributed by atoms with Crippen LogP contribution in [0.2, 0.25) is 0 Å². The lowest BCUT2D eigenvalue weighted by atomic mass is 9.73. The number of piperidine rings is 2. The average molecular weight is 367 g/mol. The summed E-state index contributed by atoms with van der Waals surface area (Å²) in [6.45, 7) is 3.25. The molecule has 142 valence electrons. The van der Waals surface area contributed by atoms with Gasteiger partial charge in [-0.1, -0.05) is 0 Å². The van der Waals surface area contributed by atoms with E-state index in [1.807, 2.05) is 17.0 Å². The summed E-state index contributed by atoms with van der Waals surface area (Å²) in [5.41, 5.74) is 1.22. The molecule has 1 amide bonds. The quantitative estimate of drug-likeness (QED) is 0.826. The van der Waals surface area contributed by atoms with Crippen LogP contribution in [0.5, 0.6) is 5.88 Å². The van der Waals surface area contributed by atoms with Crippen molar-refractivity contribution in [3.63, 3.8) is 0 Å². The summed E-state index contributed by atoms with van der Waals surface area (Å²) in [6.07, 6.45) is 10.7. The van der Waals surface area contributed by atoms with Crippen LogP contribution in [0.25, 0.3) is 0 Å². The Morgan fingerprint density at radius 3 is 2.74 bits per heavy atom. The Morgan fingerprint density at radius 1 is 1.11 bits per heavy atom. The van der Waals surface area contributed by atoms with Gasteiger partial charge in [-0.3, -0.25) is 9.78 Å². The third kappa shape index (κ3) is 3.72.